The first-order chi connectivity index (χ1) is 8.06. The Balaban J connectivity index is 2.32. The molecule has 0 spiro atoms. The van der Waals surface area contributed by atoms with Crippen LogP contribution >= 0.6 is 23.2 Å². The Morgan fingerprint density at radius 3 is 2.76 bits per heavy atom. The standard InChI is InChI=1S/C14H15Cl2N/c1-7-3-8(2)13-10-5-9(15)6-11(16)14(10)17-12(13)4-7/h5-8,17H,3-4H2,1-2H3. The fourth-order valence-corrected chi connectivity index (χ4v) is 3.71. The number of H-pyrrole nitrogens is 1. The zero-order valence-electron chi connectivity index (χ0n) is 9.98. The summed E-state index contributed by atoms with van der Waals surface area (Å²) in [5, 5.41) is 2.65. The van der Waals surface area contributed by atoms with Crippen LogP contribution in [0.15, 0.2) is 12.1 Å². The van der Waals surface area contributed by atoms with Crippen molar-refractivity contribution in [2.45, 2.75) is 32.6 Å². The summed E-state index contributed by atoms with van der Waals surface area (Å²) in [6.45, 7) is 4.59. The van der Waals surface area contributed by atoms with E-state index < -0.39 is 0 Å². The Morgan fingerprint density at radius 2 is 2.00 bits per heavy atom. The molecular formula is C14H15Cl2N. The van der Waals surface area contributed by atoms with Gasteiger partial charge in [-0.25, -0.2) is 0 Å². The van der Waals surface area contributed by atoms with Crippen LogP contribution in [-0.4, -0.2) is 4.98 Å². The van der Waals surface area contributed by atoms with Crippen LogP contribution in [-0.2, 0) is 6.42 Å². The fourth-order valence-electron chi connectivity index (χ4n) is 3.17. The number of aromatic nitrogens is 1. The van der Waals surface area contributed by atoms with Gasteiger partial charge in [-0.3, -0.25) is 0 Å². The molecule has 1 aromatic carbocycles. The van der Waals surface area contributed by atoms with Crippen molar-refractivity contribution in [3.8, 4) is 0 Å². The second-order valence-corrected chi connectivity index (χ2v) is 6.12. The van der Waals surface area contributed by atoms with E-state index in [0.29, 0.717) is 5.92 Å². The first-order valence-corrected chi connectivity index (χ1v) is 6.81. The van der Waals surface area contributed by atoms with Gasteiger partial charge in [0.2, 0.25) is 0 Å². The molecule has 0 saturated carbocycles. The molecule has 2 atom stereocenters. The van der Waals surface area contributed by atoms with E-state index >= 15 is 0 Å². The highest BCUT2D eigenvalue weighted by atomic mass is 35.5. The van der Waals surface area contributed by atoms with Gasteiger partial charge in [-0.05, 0) is 42.4 Å². The molecule has 3 heteroatoms. The van der Waals surface area contributed by atoms with Crippen molar-refractivity contribution in [2.75, 3.05) is 0 Å². The van der Waals surface area contributed by atoms with Crippen LogP contribution in [0, 0.1) is 5.92 Å². The Labute approximate surface area is 111 Å². The number of hydrogen-bond acceptors (Lipinski definition) is 0. The number of benzene rings is 1. The lowest BCUT2D eigenvalue weighted by Gasteiger charge is -2.24. The van der Waals surface area contributed by atoms with Crippen molar-refractivity contribution >= 4 is 34.1 Å². The molecule has 17 heavy (non-hydrogen) atoms. The topological polar surface area (TPSA) is 15.8 Å². The number of fused-ring (bicyclic) bond motifs is 3. The van der Waals surface area contributed by atoms with Crippen molar-refractivity contribution in [1.29, 1.82) is 0 Å². The summed E-state index contributed by atoms with van der Waals surface area (Å²) in [7, 11) is 0. The monoisotopic (exact) mass is 267 g/mol. The van der Waals surface area contributed by atoms with Gasteiger partial charge in [0.1, 0.15) is 0 Å². The highest BCUT2D eigenvalue weighted by Gasteiger charge is 2.26. The lowest BCUT2D eigenvalue weighted by atomic mass is 9.81. The van der Waals surface area contributed by atoms with Gasteiger partial charge >= 0.3 is 0 Å². The van der Waals surface area contributed by atoms with Crippen molar-refractivity contribution in [1.82, 2.24) is 4.98 Å². The maximum atomic E-state index is 6.25. The Bertz CT molecular complexity index is 585. The smallest absolute Gasteiger partial charge is 0.0662 e. The third-order valence-corrected chi connectivity index (χ3v) is 4.26. The molecule has 0 bridgehead atoms. The fraction of sp³-hybridized carbons (Fsp3) is 0.429. The molecule has 1 aliphatic carbocycles. The quantitative estimate of drug-likeness (QED) is 0.679. The Kier molecular flexibility index (Phi) is 2.64. The second-order valence-electron chi connectivity index (χ2n) is 5.27. The maximum absolute atomic E-state index is 6.25. The maximum Gasteiger partial charge on any atom is 0.0662 e. The van der Waals surface area contributed by atoms with Gasteiger partial charge in [-0.1, -0.05) is 37.0 Å². The Morgan fingerprint density at radius 1 is 1.24 bits per heavy atom. The predicted octanol–water partition coefficient (Wildman–Crippen LogP) is 5.16. The van der Waals surface area contributed by atoms with Gasteiger partial charge in [0.25, 0.3) is 0 Å². The molecule has 0 radical (unpaired) electrons. The highest BCUT2D eigenvalue weighted by Crippen LogP contribution is 2.41. The van der Waals surface area contributed by atoms with Gasteiger partial charge in [-0.15, -0.1) is 0 Å². The average Bonchev–Trinajstić information content (AvgIpc) is 2.56. The molecule has 1 nitrogen and oxygen atoms in total. The number of rotatable bonds is 0. The number of nitrogens with one attached hydrogen (secondary N) is 1. The van der Waals surface area contributed by atoms with Gasteiger partial charge in [-0.2, -0.15) is 0 Å². The molecule has 0 aliphatic heterocycles. The molecule has 2 unspecified atom stereocenters. The van der Waals surface area contributed by atoms with E-state index in [9.17, 15) is 0 Å². The third-order valence-electron chi connectivity index (χ3n) is 3.75. The minimum Gasteiger partial charge on any atom is -0.357 e. The summed E-state index contributed by atoms with van der Waals surface area (Å²) < 4.78 is 0. The molecule has 2 aromatic rings. The first kappa shape index (κ1) is 11.4. The molecule has 1 heterocycles. The van der Waals surface area contributed by atoms with Crippen LogP contribution < -0.4 is 0 Å². The lowest BCUT2D eigenvalue weighted by Crippen LogP contribution is -2.13. The van der Waals surface area contributed by atoms with Gasteiger partial charge in [0, 0.05) is 16.1 Å². The molecule has 1 aliphatic rings. The van der Waals surface area contributed by atoms with Crippen molar-refractivity contribution < 1.29 is 0 Å². The van der Waals surface area contributed by atoms with E-state index in [-0.39, 0.29) is 0 Å². The number of aromatic amines is 1. The first-order valence-electron chi connectivity index (χ1n) is 6.05. The molecule has 0 saturated heterocycles. The van der Waals surface area contributed by atoms with E-state index in [1.54, 1.807) is 0 Å². The van der Waals surface area contributed by atoms with Gasteiger partial charge < -0.3 is 4.98 Å². The van der Waals surface area contributed by atoms with E-state index in [1.165, 1.54) is 23.1 Å². The number of hydrogen-bond donors (Lipinski definition) is 1. The molecule has 3 rings (SSSR count). The van der Waals surface area contributed by atoms with E-state index in [1.807, 2.05) is 12.1 Å². The second kappa shape index (κ2) is 3.93. The summed E-state index contributed by atoms with van der Waals surface area (Å²) in [5.41, 5.74) is 3.81. The van der Waals surface area contributed by atoms with E-state index in [4.69, 9.17) is 23.2 Å². The van der Waals surface area contributed by atoms with Crippen LogP contribution in [0.25, 0.3) is 10.9 Å². The van der Waals surface area contributed by atoms with E-state index in [0.717, 1.165) is 27.9 Å². The zero-order chi connectivity index (χ0) is 12.2. The third kappa shape index (κ3) is 1.76. The van der Waals surface area contributed by atoms with Crippen LogP contribution in [0.1, 0.15) is 37.4 Å². The molecule has 90 valence electrons. The minimum atomic E-state index is 0.581. The number of halogens is 2. The van der Waals surface area contributed by atoms with Crippen molar-refractivity contribution in [3.63, 3.8) is 0 Å². The highest BCUT2D eigenvalue weighted by molar-refractivity contribution is 6.38. The van der Waals surface area contributed by atoms with Gasteiger partial charge in [0.15, 0.2) is 0 Å². The predicted molar refractivity (Wildman–Crippen MR) is 74.2 cm³/mol. The SMILES string of the molecule is CC1Cc2[nH]c3c(Cl)cc(Cl)cc3c2C(C)C1. The van der Waals surface area contributed by atoms with Crippen LogP contribution in [0.3, 0.4) is 0 Å². The summed E-state index contributed by atoms with van der Waals surface area (Å²) >= 11 is 12.4. The molecule has 1 N–H and O–H groups in total. The summed E-state index contributed by atoms with van der Waals surface area (Å²) in [4.78, 5) is 3.48. The van der Waals surface area contributed by atoms with Crippen LogP contribution in [0.4, 0.5) is 0 Å². The van der Waals surface area contributed by atoms with E-state index in [2.05, 4.69) is 18.8 Å². The molecule has 1 aromatic heterocycles. The summed E-state index contributed by atoms with van der Waals surface area (Å²) in [6, 6.07) is 3.84. The van der Waals surface area contributed by atoms with Crippen LogP contribution in [0.2, 0.25) is 10.0 Å². The van der Waals surface area contributed by atoms with Crippen LogP contribution in [0.5, 0.6) is 0 Å². The van der Waals surface area contributed by atoms with Gasteiger partial charge in [0.05, 0.1) is 10.5 Å². The zero-order valence-corrected chi connectivity index (χ0v) is 11.5. The largest absolute Gasteiger partial charge is 0.357 e. The van der Waals surface area contributed by atoms with Crippen molar-refractivity contribution in [3.05, 3.63) is 33.4 Å². The summed E-state index contributed by atoms with van der Waals surface area (Å²) in [6.07, 6.45) is 2.35. The van der Waals surface area contributed by atoms with Crippen molar-refractivity contribution in [2.24, 2.45) is 5.92 Å². The Hall–Kier alpha value is -0.660. The molecule has 0 amide bonds. The molecular weight excluding hydrogens is 253 g/mol. The average molecular weight is 268 g/mol. The minimum absolute atomic E-state index is 0.581. The normalized spacial score (nSPS) is 24.0. The summed E-state index contributed by atoms with van der Waals surface area (Å²) in [5.74, 6) is 1.32. The lowest BCUT2D eigenvalue weighted by molar-refractivity contribution is 0.448. The molecule has 0 fully saturated rings.